The average molecular weight is 373 g/mol. The minimum absolute atomic E-state index is 0.773. The molecule has 134 valence electrons. The van der Waals surface area contributed by atoms with Crippen molar-refractivity contribution < 1.29 is 4.21 Å². The van der Waals surface area contributed by atoms with Gasteiger partial charge in [-0.1, -0.05) is 18.2 Å². The third-order valence-corrected chi connectivity index (χ3v) is 5.88. The minimum atomic E-state index is -1.19. The first-order chi connectivity index (χ1) is 13.1. The van der Waals surface area contributed by atoms with Crippen LogP contribution in [0, 0.1) is 13.8 Å². The molecule has 0 aliphatic heterocycles. The van der Waals surface area contributed by atoms with Gasteiger partial charge in [0.15, 0.2) is 0 Å². The van der Waals surface area contributed by atoms with E-state index in [9.17, 15) is 4.21 Å². The van der Waals surface area contributed by atoms with E-state index in [0.717, 1.165) is 37.9 Å². The largest absolute Gasteiger partial charge is 0.264 e. The Balaban J connectivity index is 1.71. The van der Waals surface area contributed by atoms with E-state index in [1.165, 1.54) is 0 Å². The van der Waals surface area contributed by atoms with E-state index >= 15 is 0 Å². The highest BCUT2D eigenvalue weighted by molar-refractivity contribution is 7.85. The van der Waals surface area contributed by atoms with Gasteiger partial charge < -0.3 is 0 Å². The molecule has 1 unspecified atom stereocenters. The first-order valence-electron chi connectivity index (χ1n) is 8.68. The zero-order chi connectivity index (χ0) is 18.8. The SMILES string of the molecule is Cc1cncc(C)c1-c1ccnn1-c1ccc(S(=O)c2ccccc2)cc1. The van der Waals surface area contributed by atoms with Crippen LogP contribution in [0.3, 0.4) is 0 Å². The first kappa shape index (κ1) is 17.4. The van der Waals surface area contributed by atoms with Gasteiger partial charge in [0, 0.05) is 27.7 Å². The van der Waals surface area contributed by atoms with Crippen molar-refractivity contribution >= 4 is 10.8 Å². The standard InChI is InChI=1S/C22H19N3OS/c1-16-14-23-15-17(2)22(16)21-12-13-24-25(21)18-8-10-20(11-9-18)27(26)19-6-4-3-5-7-19/h3-15H,1-2H3. The van der Waals surface area contributed by atoms with Crippen LogP contribution in [-0.4, -0.2) is 19.0 Å². The molecule has 0 aliphatic carbocycles. The van der Waals surface area contributed by atoms with Crippen LogP contribution in [-0.2, 0) is 10.8 Å². The lowest BCUT2D eigenvalue weighted by Gasteiger charge is -2.12. The quantitative estimate of drug-likeness (QED) is 0.520. The topological polar surface area (TPSA) is 47.8 Å². The molecule has 4 aromatic rings. The molecule has 2 heterocycles. The van der Waals surface area contributed by atoms with E-state index in [0.29, 0.717) is 0 Å². The molecule has 2 aromatic carbocycles. The lowest BCUT2D eigenvalue weighted by atomic mass is 10.0. The van der Waals surface area contributed by atoms with Gasteiger partial charge in [0.25, 0.3) is 0 Å². The van der Waals surface area contributed by atoms with Gasteiger partial charge in [-0.2, -0.15) is 5.10 Å². The van der Waals surface area contributed by atoms with Gasteiger partial charge in [-0.15, -0.1) is 0 Å². The summed E-state index contributed by atoms with van der Waals surface area (Å²) in [6.07, 6.45) is 5.53. The van der Waals surface area contributed by atoms with E-state index in [-0.39, 0.29) is 0 Å². The molecule has 5 heteroatoms. The van der Waals surface area contributed by atoms with Crippen LogP contribution in [0.25, 0.3) is 16.9 Å². The Hall–Kier alpha value is -3.05. The maximum absolute atomic E-state index is 12.7. The van der Waals surface area contributed by atoms with Gasteiger partial charge in [0.1, 0.15) is 0 Å². The highest BCUT2D eigenvalue weighted by atomic mass is 32.2. The van der Waals surface area contributed by atoms with Crippen molar-refractivity contribution in [2.45, 2.75) is 23.6 Å². The van der Waals surface area contributed by atoms with Crippen LogP contribution < -0.4 is 0 Å². The second kappa shape index (κ2) is 7.29. The number of benzene rings is 2. The summed E-state index contributed by atoms with van der Waals surface area (Å²) < 4.78 is 14.6. The van der Waals surface area contributed by atoms with E-state index in [1.807, 2.05) is 77.7 Å². The highest BCUT2D eigenvalue weighted by Crippen LogP contribution is 2.28. The zero-order valence-electron chi connectivity index (χ0n) is 15.2. The fraction of sp³-hybridized carbons (Fsp3) is 0.0909. The smallest absolute Gasteiger partial charge is 0.0849 e. The monoisotopic (exact) mass is 373 g/mol. The van der Waals surface area contributed by atoms with Gasteiger partial charge in [-0.3, -0.25) is 4.98 Å². The first-order valence-corrected chi connectivity index (χ1v) is 9.83. The summed E-state index contributed by atoms with van der Waals surface area (Å²) in [5.74, 6) is 0. The number of aryl methyl sites for hydroxylation is 2. The Labute approximate surface area is 161 Å². The minimum Gasteiger partial charge on any atom is -0.264 e. The molecule has 0 fully saturated rings. The van der Waals surface area contributed by atoms with E-state index in [4.69, 9.17) is 0 Å². The zero-order valence-corrected chi connectivity index (χ0v) is 16.0. The lowest BCUT2D eigenvalue weighted by Crippen LogP contribution is -2.02. The van der Waals surface area contributed by atoms with E-state index in [1.54, 1.807) is 6.20 Å². The summed E-state index contributed by atoms with van der Waals surface area (Å²) in [6, 6.07) is 19.2. The summed E-state index contributed by atoms with van der Waals surface area (Å²) in [5, 5.41) is 4.50. The van der Waals surface area contributed by atoms with Gasteiger partial charge in [-0.25, -0.2) is 8.89 Å². The second-order valence-electron chi connectivity index (χ2n) is 6.35. The summed E-state index contributed by atoms with van der Waals surface area (Å²) in [4.78, 5) is 5.83. The predicted molar refractivity (Wildman–Crippen MR) is 107 cm³/mol. The normalized spacial score (nSPS) is 12.1. The molecule has 0 radical (unpaired) electrons. The van der Waals surface area contributed by atoms with Crippen molar-refractivity contribution in [2.75, 3.05) is 0 Å². The van der Waals surface area contributed by atoms with Gasteiger partial charge in [-0.05, 0) is 67.4 Å². The molecule has 0 aliphatic rings. The molecule has 2 aromatic heterocycles. The summed E-state index contributed by atoms with van der Waals surface area (Å²) in [6.45, 7) is 4.11. The molecular weight excluding hydrogens is 354 g/mol. The van der Waals surface area contributed by atoms with Crippen molar-refractivity contribution in [3.8, 4) is 16.9 Å². The maximum Gasteiger partial charge on any atom is 0.0849 e. The molecule has 0 saturated heterocycles. The average Bonchev–Trinajstić information content (AvgIpc) is 3.17. The Kier molecular flexibility index (Phi) is 4.69. The molecule has 0 N–H and O–H groups in total. The molecular formula is C22H19N3OS. The Bertz CT molecular complexity index is 1080. The van der Waals surface area contributed by atoms with Gasteiger partial charge in [0.05, 0.1) is 28.4 Å². The molecule has 0 bridgehead atoms. The van der Waals surface area contributed by atoms with Gasteiger partial charge >= 0.3 is 0 Å². The van der Waals surface area contributed by atoms with Crippen molar-refractivity contribution in [1.29, 1.82) is 0 Å². The number of nitrogens with zero attached hydrogens (tertiary/aromatic N) is 3. The molecule has 4 nitrogen and oxygen atoms in total. The molecule has 0 amide bonds. The number of aromatic nitrogens is 3. The van der Waals surface area contributed by atoms with Crippen LogP contribution in [0.2, 0.25) is 0 Å². The van der Waals surface area contributed by atoms with Crippen LogP contribution in [0.5, 0.6) is 0 Å². The van der Waals surface area contributed by atoms with Crippen LogP contribution in [0.4, 0.5) is 0 Å². The Morgan fingerprint density at radius 3 is 2.11 bits per heavy atom. The molecule has 4 rings (SSSR count). The molecule has 27 heavy (non-hydrogen) atoms. The number of rotatable bonds is 4. The van der Waals surface area contributed by atoms with Crippen LogP contribution in [0.1, 0.15) is 11.1 Å². The summed E-state index contributed by atoms with van der Waals surface area (Å²) in [7, 11) is -1.19. The number of pyridine rings is 1. The fourth-order valence-corrected chi connectivity index (χ4v) is 4.25. The van der Waals surface area contributed by atoms with Crippen LogP contribution in [0.15, 0.2) is 89.0 Å². The predicted octanol–water partition coefficient (Wildman–Crippen LogP) is 4.72. The van der Waals surface area contributed by atoms with Crippen molar-refractivity contribution in [3.05, 3.63) is 90.4 Å². The van der Waals surface area contributed by atoms with Crippen molar-refractivity contribution in [1.82, 2.24) is 14.8 Å². The van der Waals surface area contributed by atoms with Crippen molar-refractivity contribution in [2.24, 2.45) is 0 Å². The number of hydrogen-bond donors (Lipinski definition) is 0. The Morgan fingerprint density at radius 2 is 1.44 bits per heavy atom. The summed E-state index contributed by atoms with van der Waals surface area (Å²) >= 11 is 0. The molecule has 1 atom stereocenters. The maximum atomic E-state index is 12.7. The van der Waals surface area contributed by atoms with E-state index in [2.05, 4.69) is 23.9 Å². The van der Waals surface area contributed by atoms with Gasteiger partial charge in [0.2, 0.25) is 0 Å². The van der Waals surface area contributed by atoms with Crippen LogP contribution >= 0.6 is 0 Å². The molecule has 0 spiro atoms. The van der Waals surface area contributed by atoms with Crippen molar-refractivity contribution in [3.63, 3.8) is 0 Å². The second-order valence-corrected chi connectivity index (χ2v) is 7.83. The summed E-state index contributed by atoms with van der Waals surface area (Å²) in [5.41, 5.74) is 5.31. The highest BCUT2D eigenvalue weighted by Gasteiger charge is 2.13. The lowest BCUT2D eigenvalue weighted by molar-refractivity contribution is 0.683. The Morgan fingerprint density at radius 1 is 0.815 bits per heavy atom. The fourth-order valence-electron chi connectivity index (χ4n) is 3.19. The molecule has 0 saturated carbocycles. The number of hydrogen-bond acceptors (Lipinski definition) is 3. The third-order valence-electron chi connectivity index (χ3n) is 4.48. The third kappa shape index (κ3) is 3.34. The van der Waals surface area contributed by atoms with E-state index < -0.39 is 10.8 Å².